The van der Waals surface area contributed by atoms with Crippen LogP contribution in [0, 0.1) is 0 Å². The largest absolute Gasteiger partial charge is 2.00 e. The van der Waals surface area contributed by atoms with Gasteiger partial charge in [0.15, 0.2) is 0 Å². The first-order valence-electron chi connectivity index (χ1n) is 19.9. The number of carbonyl (C=O) groups excluding carboxylic acids is 2. The van der Waals surface area contributed by atoms with Crippen LogP contribution in [-0.4, -0.2) is 60.8 Å². The number of hydrogen-bond acceptors (Lipinski definition) is 4. The molecule has 0 saturated heterocycles. The van der Waals surface area contributed by atoms with Gasteiger partial charge in [-0.1, -0.05) is 219 Å². The number of rotatable bonds is 36. The van der Waals surface area contributed by atoms with Gasteiger partial charge in [-0.2, -0.15) is 0 Å². The van der Waals surface area contributed by atoms with Crippen LogP contribution in [-0.2, 0) is 9.59 Å². The van der Waals surface area contributed by atoms with E-state index in [0.717, 1.165) is 25.7 Å². The van der Waals surface area contributed by atoms with Crippen molar-refractivity contribution in [2.45, 2.75) is 245 Å². The van der Waals surface area contributed by atoms with Crippen LogP contribution in [0.3, 0.4) is 0 Å². The van der Waals surface area contributed by atoms with Gasteiger partial charge in [0.05, 0.1) is 0 Å². The Bertz CT molecular complexity index is 506. The van der Waals surface area contributed by atoms with Crippen LogP contribution >= 0.6 is 0 Å². The van der Waals surface area contributed by atoms with E-state index >= 15 is 0 Å². The summed E-state index contributed by atoms with van der Waals surface area (Å²) in [4.78, 5) is 20.5. The first kappa shape index (κ1) is 49.9. The summed E-state index contributed by atoms with van der Waals surface area (Å²) in [6.45, 7) is 4.55. The number of hydrogen-bond donors (Lipinski definition) is 0. The standard InChI is InChI=1S/2C20H40O2.Ba/c2*1-2-3-4-5-6-7-8-9-10-11-12-13-14-15-16-17-18-19-20(21)22;/h2*2-19H2,1H3,(H,21,22);/q;;+2/p-2. The minimum absolute atomic E-state index is 0. The van der Waals surface area contributed by atoms with E-state index in [-0.39, 0.29) is 61.7 Å². The van der Waals surface area contributed by atoms with Crippen molar-refractivity contribution in [1.82, 2.24) is 0 Å². The second-order valence-electron chi connectivity index (χ2n) is 13.6. The maximum absolute atomic E-state index is 10.2. The number of unbranched alkanes of at least 4 members (excludes halogenated alkanes) is 32. The van der Waals surface area contributed by atoms with Crippen molar-refractivity contribution in [2.75, 3.05) is 0 Å². The third kappa shape index (κ3) is 54.2. The first-order valence-corrected chi connectivity index (χ1v) is 19.9. The SMILES string of the molecule is CCCCCCCCCCCCCCCCCCCC(=O)[O-].CCCCCCCCCCCCCCCCCCCC(=O)[O-].[Ba+2]. The van der Waals surface area contributed by atoms with Crippen molar-refractivity contribution in [3.63, 3.8) is 0 Å². The second kappa shape index (κ2) is 46.6. The van der Waals surface area contributed by atoms with Crippen LogP contribution < -0.4 is 10.2 Å². The van der Waals surface area contributed by atoms with Gasteiger partial charge >= 0.3 is 48.9 Å². The van der Waals surface area contributed by atoms with Crippen LogP contribution in [0.4, 0.5) is 0 Å². The third-order valence-corrected chi connectivity index (χ3v) is 8.97. The summed E-state index contributed by atoms with van der Waals surface area (Å²) in [5, 5.41) is 20.5. The van der Waals surface area contributed by atoms with Crippen molar-refractivity contribution in [2.24, 2.45) is 0 Å². The zero-order valence-electron chi connectivity index (χ0n) is 30.8. The molecular formula is C40H78BaO4. The van der Waals surface area contributed by atoms with E-state index in [0.29, 0.717) is 0 Å². The van der Waals surface area contributed by atoms with E-state index < -0.39 is 11.9 Å². The minimum Gasteiger partial charge on any atom is -0.550 e. The Kier molecular flexibility index (Phi) is 51.7. The van der Waals surface area contributed by atoms with Crippen molar-refractivity contribution < 1.29 is 19.8 Å². The van der Waals surface area contributed by atoms with Gasteiger partial charge in [-0.25, -0.2) is 0 Å². The molecule has 0 amide bonds. The number of carboxylic acids is 2. The summed E-state index contributed by atoms with van der Waals surface area (Å²) in [6.07, 6.45) is 45.6. The number of carbonyl (C=O) groups is 2. The summed E-state index contributed by atoms with van der Waals surface area (Å²) in [6, 6.07) is 0. The summed E-state index contributed by atoms with van der Waals surface area (Å²) in [5.74, 6) is -1.80. The molecule has 0 heterocycles. The fourth-order valence-corrected chi connectivity index (χ4v) is 5.99. The average molecular weight is 760 g/mol. The Morgan fingerprint density at radius 2 is 0.422 bits per heavy atom. The minimum atomic E-state index is -0.902. The van der Waals surface area contributed by atoms with Gasteiger partial charge in [-0.3, -0.25) is 0 Å². The summed E-state index contributed by atoms with van der Waals surface area (Å²) >= 11 is 0. The summed E-state index contributed by atoms with van der Waals surface area (Å²) < 4.78 is 0. The predicted octanol–water partition coefficient (Wildman–Crippen LogP) is 11.2. The van der Waals surface area contributed by atoms with Gasteiger partial charge in [0.25, 0.3) is 0 Å². The second-order valence-corrected chi connectivity index (χ2v) is 13.6. The fourth-order valence-electron chi connectivity index (χ4n) is 5.99. The molecule has 0 spiro atoms. The molecule has 0 aliphatic rings. The average Bonchev–Trinajstić information content (AvgIpc) is 3.00. The topological polar surface area (TPSA) is 80.3 Å². The molecule has 0 rings (SSSR count). The van der Waals surface area contributed by atoms with Gasteiger partial charge in [-0.15, -0.1) is 0 Å². The Morgan fingerprint density at radius 3 is 0.556 bits per heavy atom. The van der Waals surface area contributed by atoms with Gasteiger partial charge in [0.2, 0.25) is 0 Å². The monoisotopic (exact) mass is 760 g/mol. The van der Waals surface area contributed by atoms with E-state index in [2.05, 4.69) is 13.8 Å². The number of carboxylic acid groups (broad SMARTS) is 2. The molecule has 0 saturated carbocycles. The zero-order valence-corrected chi connectivity index (χ0v) is 35.2. The molecule has 4 nitrogen and oxygen atoms in total. The molecule has 0 aliphatic heterocycles. The van der Waals surface area contributed by atoms with Crippen molar-refractivity contribution in [1.29, 1.82) is 0 Å². The zero-order chi connectivity index (χ0) is 32.6. The van der Waals surface area contributed by atoms with Crippen LogP contribution in [0.15, 0.2) is 0 Å². The third-order valence-electron chi connectivity index (χ3n) is 8.97. The Labute approximate surface area is 322 Å². The van der Waals surface area contributed by atoms with E-state index in [9.17, 15) is 19.8 Å². The summed E-state index contributed by atoms with van der Waals surface area (Å²) in [7, 11) is 0. The van der Waals surface area contributed by atoms with Crippen LogP contribution in [0.25, 0.3) is 0 Å². The van der Waals surface area contributed by atoms with Gasteiger partial charge in [0.1, 0.15) is 0 Å². The Balaban J connectivity index is -0.000000767. The predicted molar refractivity (Wildman–Crippen MR) is 193 cm³/mol. The molecule has 0 radical (unpaired) electrons. The molecule has 0 bridgehead atoms. The Morgan fingerprint density at radius 1 is 0.289 bits per heavy atom. The molecule has 45 heavy (non-hydrogen) atoms. The van der Waals surface area contributed by atoms with E-state index in [4.69, 9.17) is 0 Å². The van der Waals surface area contributed by atoms with E-state index in [1.165, 1.54) is 193 Å². The molecule has 0 unspecified atom stereocenters. The normalized spacial score (nSPS) is 10.7. The van der Waals surface area contributed by atoms with Crippen LogP contribution in [0.5, 0.6) is 0 Å². The fraction of sp³-hybridized carbons (Fsp3) is 0.950. The molecule has 0 aliphatic carbocycles. The van der Waals surface area contributed by atoms with E-state index in [1.54, 1.807) is 0 Å². The molecule has 0 N–H and O–H groups in total. The molecule has 0 aromatic rings. The quantitative estimate of drug-likeness (QED) is 0.0470. The number of aliphatic carboxylic acids is 2. The van der Waals surface area contributed by atoms with Gasteiger partial charge in [-0.05, 0) is 25.7 Å². The summed E-state index contributed by atoms with van der Waals surface area (Å²) in [5.41, 5.74) is 0. The van der Waals surface area contributed by atoms with Gasteiger partial charge < -0.3 is 19.8 Å². The van der Waals surface area contributed by atoms with Crippen molar-refractivity contribution in [3.05, 3.63) is 0 Å². The maximum atomic E-state index is 10.2. The molecule has 0 aromatic carbocycles. The van der Waals surface area contributed by atoms with Crippen molar-refractivity contribution in [3.8, 4) is 0 Å². The Hall–Kier alpha value is 0.511. The first-order chi connectivity index (χ1) is 21.5. The van der Waals surface area contributed by atoms with Crippen LogP contribution in [0.2, 0.25) is 0 Å². The van der Waals surface area contributed by atoms with Crippen molar-refractivity contribution >= 4 is 60.8 Å². The molecule has 0 fully saturated rings. The van der Waals surface area contributed by atoms with Crippen LogP contribution in [0.1, 0.15) is 245 Å². The molecule has 5 heteroatoms. The van der Waals surface area contributed by atoms with Gasteiger partial charge in [0, 0.05) is 11.9 Å². The smallest absolute Gasteiger partial charge is 0.550 e. The molecule has 0 aromatic heterocycles. The molecule has 264 valence electrons. The molecule has 0 atom stereocenters. The maximum Gasteiger partial charge on any atom is 2.00 e. The molecular weight excluding hydrogens is 682 g/mol. The van der Waals surface area contributed by atoms with E-state index in [1.807, 2.05) is 0 Å².